The molecule has 14 heteroatoms. The fourth-order valence-electron chi connectivity index (χ4n) is 11.5. The molecule has 7 rings (SSSR count). The lowest BCUT2D eigenvalue weighted by Crippen LogP contribution is -2.69. The summed E-state index contributed by atoms with van der Waals surface area (Å²) in [5.74, 6) is -0.635. The van der Waals surface area contributed by atoms with Crippen molar-refractivity contribution in [1.29, 1.82) is 0 Å². The first kappa shape index (κ1) is 36.8. The number of ether oxygens (including phenoxy) is 6. The van der Waals surface area contributed by atoms with Crippen molar-refractivity contribution >= 4 is 12.3 Å². The van der Waals surface area contributed by atoms with E-state index in [0.717, 1.165) is 18.3 Å². The predicted molar refractivity (Wildman–Crippen MR) is 171 cm³/mol. The molecule has 50 heavy (non-hydrogen) atoms. The second-order valence-corrected chi connectivity index (χ2v) is 16.3. The van der Waals surface area contributed by atoms with Gasteiger partial charge in [0.05, 0.1) is 41.5 Å². The molecular formula is C36H54O14. The molecule has 6 fully saturated rings. The normalized spacial score (nSPS) is 53.5. The van der Waals surface area contributed by atoms with Gasteiger partial charge in [0.2, 0.25) is 0 Å². The average molecular weight is 711 g/mol. The van der Waals surface area contributed by atoms with Gasteiger partial charge in [0.1, 0.15) is 43.4 Å². The third-order valence-electron chi connectivity index (χ3n) is 14.2. The molecule has 6 N–H and O–H groups in total. The Morgan fingerprint density at radius 2 is 1.72 bits per heavy atom. The zero-order valence-corrected chi connectivity index (χ0v) is 29.1. The van der Waals surface area contributed by atoms with E-state index in [1.165, 1.54) is 7.11 Å². The second kappa shape index (κ2) is 13.4. The molecule has 4 saturated carbocycles. The van der Waals surface area contributed by atoms with Gasteiger partial charge in [-0.05, 0) is 81.6 Å². The van der Waals surface area contributed by atoms with Gasteiger partial charge >= 0.3 is 5.97 Å². The van der Waals surface area contributed by atoms with Crippen LogP contribution in [0.1, 0.15) is 78.1 Å². The number of hydrogen-bond donors (Lipinski definition) is 6. The van der Waals surface area contributed by atoms with Crippen LogP contribution in [0, 0.1) is 28.6 Å². The first-order valence-electron chi connectivity index (χ1n) is 18.3. The van der Waals surface area contributed by atoms with E-state index in [1.54, 1.807) is 13.0 Å². The lowest BCUT2D eigenvalue weighted by Gasteiger charge is -2.65. The molecular weight excluding hydrogens is 656 g/mol. The van der Waals surface area contributed by atoms with E-state index in [4.69, 9.17) is 28.4 Å². The van der Waals surface area contributed by atoms with E-state index < -0.39 is 90.1 Å². The maximum Gasteiger partial charge on any atom is 0.331 e. The van der Waals surface area contributed by atoms with Crippen LogP contribution < -0.4 is 0 Å². The summed E-state index contributed by atoms with van der Waals surface area (Å²) >= 11 is 0. The van der Waals surface area contributed by atoms with Gasteiger partial charge in [0, 0.05) is 31.4 Å². The van der Waals surface area contributed by atoms with E-state index >= 15 is 0 Å². The van der Waals surface area contributed by atoms with E-state index in [1.807, 2.05) is 0 Å². The molecule has 4 aliphatic carbocycles. The molecule has 0 aromatic heterocycles. The highest BCUT2D eigenvalue weighted by atomic mass is 16.7. The summed E-state index contributed by atoms with van der Waals surface area (Å²) in [5, 5.41) is 65.3. The number of hydrogen-bond acceptors (Lipinski definition) is 14. The van der Waals surface area contributed by atoms with Gasteiger partial charge in [-0.3, -0.25) is 0 Å². The lowest BCUT2D eigenvalue weighted by atomic mass is 9.41. The fraction of sp³-hybridized carbons (Fsp3) is 0.889. The molecule has 0 bridgehead atoms. The minimum Gasteiger partial charge on any atom is -0.458 e. The van der Waals surface area contributed by atoms with Crippen LogP contribution in [0.3, 0.4) is 0 Å². The van der Waals surface area contributed by atoms with Gasteiger partial charge in [0.25, 0.3) is 0 Å². The highest BCUT2D eigenvalue weighted by Gasteiger charge is 2.71. The predicted octanol–water partition coefficient (Wildman–Crippen LogP) is 0.258. The van der Waals surface area contributed by atoms with Gasteiger partial charge in [-0.25, -0.2) is 4.79 Å². The Morgan fingerprint density at radius 3 is 2.40 bits per heavy atom. The first-order chi connectivity index (χ1) is 23.7. The Labute approximate surface area is 292 Å². The molecule has 3 heterocycles. The number of carbonyl (C=O) groups excluding carboxylic acids is 2. The fourth-order valence-corrected chi connectivity index (χ4v) is 11.5. The Bertz CT molecular complexity index is 1330. The first-order valence-corrected chi connectivity index (χ1v) is 18.3. The maximum atomic E-state index is 13.2. The molecule has 0 radical (unpaired) electrons. The third-order valence-corrected chi connectivity index (χ3v) is 14.2. The van der Waals surface area contributed by atoms with Crippen LogP contribution in [0.25, 0.3) is 0 Å². The molecule has 14 nitrogen and oxygen atoms in total. The van der Waals surface area contributed by atoms with Gasteiger partial charge in [-0.15, -0.1) is 0 Å². The Balaban J connectivity index is 1.01. The highest BCUT2D eigenvalue weighted by molar-refractivity contribution is 5.85. The van der Waals surface area contributed by atoms with E-state index in [0.29, 0.717) is 44.9 Å². The number of methoxy groups -OCH3 is 1. The molecule has 0 spiro atoms. The van der Waals surface area contributed by atoms with Gasteiger partial charge in [0.15, 0.2) is 12.6 Å². The quantitative estimate of drug-likeness (QED) is 0.113. The second-order valence-electron chi connectivity index (χ2n) is 16.3. The molecule has 7 aliphatic rings. The number of rotatable bonds is 8. The van der Waals surface area contributed by atoms with Crippen LogP contribution in [-0.2, 0) is 38.0 Å². The number of aldehydes is 1. The smallest absolute Gasteiger partial charge is 0.331 e. The van der Waals surface area contributed by atoms with Crippen molar-refractivity contribution in [2.75, 3.05) is 20.3 Å². The maximum absolute atomic E-state index is 13.2. The van der Waals surface area contributed by atoms with Crippen molar-refractivity contribution in [3.8, 4) is 0 Å². The third kappa shape index (κ3) is 5.55. The number of cyclic esters (lactones) is 1. The monoisotopic (exact) mass is 710 g/mol. The molecule has 2 saturated heterocycles. The lowest BCUT2D eigenvalue weighted by molar-refractivity contribution is -0.346. The molecule has 0 unspecified atom stereocenters. The number of aliphatic hydroxyl groups excluding tert-OH is 4. The molecule has 17 atom stereocenters. The molecule has 0 aromatic rings. The summed E-state index contributed by atoms with van der Waals surface area (Å²) < 4.78 is 35.2. The van der Waals surface area contributed by atoms with Crippen LogP contribution in [0.2, 0.25) is 0 Å². The molecule has 0 aromatic carbocycles. The van der Waals surface area contributed by atoms with Gasteiger partial charge in [-0.1, -0.05) is 6.92 Å². The summed E-state index contributed by atoms with van der Waals surface area (Å²) in [6, 6.07) is 0. The zero-order valence-electron chi connectivity index (χ0n) is 29.1. The summed E-state index contributed by atoms with van der Waals surface area (Å²) in [6.07, 6.45) is -2.52. The minimum absolute atomic E-state index is 0.0352. The number of fused-ring (bicyclic) bond motifs is 5. The summed E-state index contributed by atoms with van der Waals surface area (Å²) in [5.41, 5.74) is -2.86. The Kier molecular flexibility index (Phi) is 9.84. The SMILES string of the molecule is CO[C@@H]1C[C@H](O[C@H]2CC[C@]3(C=O)[C@@H]4CC[C@]5(C)[C@@H](C6=CC(=O)OC6)CC[C@]5(O)[C@@H]4CC[C@]3(O)C2)O[C@@H](C)[C@@H]1O[C@@H]1O[C@H](CO)[C@@H](O)[C@H](O)[C@H]1O. The van der Waals surface area contributed by atoms with E-state index in [2.05, 4.69) is 6.92 Å². The van der Waals surface area contributed by atoms with E-state index in [-0.39, 0.29) is 43.2 Å². The van der Waals surface area contributed by atoms with E-state index in [9.17, 15) is 40.2 Å². The summed E-state index contributed by atoms with van der Waals surface area (Å²) in [7, 11) is 1.51. The summed E-state index contributed by atoms with van der Waals surface area (Å²) in [4.78, 5) is 25.1. The number of esters is 1. The van der Waals surface area contributed by atoms with Crippen LogP contribution in [0.4, 0.5) is 0 Å². The number of aliphatic hydroxyl groups is 6. The van der Waals surface area contributed by atoms with Crippen molar-refractivity contribution in [3.63, 3.8) is 0 Å². The summed E-state index contributed by atoms with van der Waals surface area (Å²) in [6.45, 7) is 3.57. The Hall–Kier alpha value is -1.56. The topological polar surface area (TPSA) is 211 Å². The van der Waals surface area contributed by atoms with Crippen molar-refractivity contribution < 1.29 is 68.6 Å². The molecule has 0 amide bonds. The van der Waals surface area contributed by atoms with Crippen LogP contribution in [0.15, 0.2) is 11.6 Å². The Morgan fingerprint density at radius 1 is 0.960 bits per heavy atom. The van der Waals surface area contributed by atoms with Gasteiger partial charge in [-0.2, -0.15) is 0 Å². The van der Waals surface area contributed by atoms with Crippen molar-refractivity contribution in [3.05, 3.63) is 11.6 Å². The molecule has 282 valence electrons. The van der Waals surface area contributed by atoms with Crippen molar-refractivity contribution in [1.82, 2.24) is 0 Å². The van der Waals surface area contributed by atoms with Gasteiger partial charge < -0.3 is 63.9 Å². The molecule has 3 aliphatic heterocycles. The highest BCUT2D eigenvalue weighted by Crippen LogP contribution is 2.70. The zero-order chi connectivity index (χ0) is 35.8. The van der Waals surface area contributed by atoms with Crippen molar-refractivity contribution in [2.24, 2.45) is 28.6 Å². The average Bonchev–Trinajstić information content (AvgIpc) is 3.64. The van der Waals surface area contributed by atoms with Crippen molar-refractivity contribution in [2.45, 2.75) is 151 Å². The standard InChI is InChI=1S/C36H54O14/c1-18-31(50-32-30(42)29(41)28(40)25(15-37)49-32)24(45-3)13-27(47-18)48-20-4-9-34(17-38)22-5-8-33(2)21(19-12-26(39)46-16-19)7-11-36(33,44)23(22)6-10-35(34,43)14-20/h12,17-18,20-25,27-32,37,40-44H,4-11,13-16H2,1-3H3/t18-,20-,21+,22+,23+,24+,25+,27-,28+,29-,30+,31-,32-,33+,34-,35-,36-/m0/s1. The van der Waals surface area contributed by atoms with Crippen LogP contribution in [0.5, 0.6) is 0 Å². The number of carbonyl (C=O) groups is 2. The largest absolute Gasteiger partial charge is 0.458 e. The van der Waals surface area contributed by atoms with Crippen LogP contribution >= 0.6 is 0 Å². The minimum atomic E-state index is -1.58. The van der Waals surface area contributed by atoms with Crippen LogP contribution in [-0.4, -0.2) is 136 Å².